The molecule has 15 heavy (non-hydrogen) atoms. The predicted octanol–water partition coefficient (Wildman–Crippen LogP) is 4.65. The summed E-state index contributed by atoms with van der Waals surface area (Å²) in [6, 6.07) is 13.0. The Labute approximate surface area is 95.7 Å². The molecule has 0 aliphatic rings. The summed E-state index contributed by atoms with van der Waals surface area (Å²) in [4.78, 5) is 1.43. The number of fused-ring (bicyclic) bond motifs is 1. The van der Waals surface area contributed by atoms with Gasteiger partial charge in [-0.15, -0.1) is 11.8 Å². The van der Waals surface area contributed by atoms with E-state index < -0.39 is 0 Å². The zero-order valence-corrected chi connectivity index (χ0v) is 10.3. The Hall–Kier alpha value is -0.950. The second kappa shape index (κ2) is 4.28. The summed E-state index contributed by atoms with van der Waals surface area (Å²) in [5.74, 6) is 0. The van der Waals surface area contributed by atoms with Crippen LogP contribution in [0.2, 0.25) is 0 Å². The fraction of sp³-hybridized carbons (Fsp3) is 0.286. The van der Waals surface area contributed by atoms with Crippen molar-refractivity contribution in [3.8, 4) is 0 Å². The number of hydrogen-bond acceptors (Lipinski definition) is 1. The van der Waals surface area contributed by atoms with Crippen LogP contribution in [0.25, 0.3) is 10.8 Å². The van der Waals surface area contributed by atoms with Crippen molar-refractivity contribution in [2.24, 2.45) is 0 Å². The third kappa shape index (κ3) is 2.18. The Balaban J connectivity index is 2.63. The summed E-state index contributed by atoms with van der Waals surface area (Å²) in [5, 5.41) is 3.36. The lowest BCUT2D eigenvalue weighted by atomic mass is 10.1. The van der Waals surface area contributed by atoms with E-state index in [2.05, 4.69) is 57.2 Å². The van der Waals surface area contributed by atoms with E-state index in [1.165, 1.54) is 21.2 Å². The molecule has 2 aromatic carbocycles. The molecule has 0 aliphatic heterocycles. The van der Waals surface area contributed by atoms with Crippen LogP contribution in [0.15, 0.2) is 41.3 Å². The largest absolute Gasteiger partial charge is 0.122 e. The molecular formula is C14H16S. The van der Waals surface area contributed by atoms with Crippen molar-refractivity contribution in [1.82, 2.24) is 0 Å². The van der Waals surface area contributed by atoms with Gasteiger partial charge in [0.15, 0.2) is 0 Å². The molecule has 0 saturated carbocycles. The van der Waals surface area contributed by atoms with E-state index in [4.69, 9.17) is 0 Å². The van der Waals surface area contributed by atoms with E-state index in [1.54, 1.807) is 0 Å². The van der Waals surface area contributed by atoms with E-state index >= 15 is 0 Å². The molecule has 0 nitrogen and oxygen atoms in total. The molecule has 0 amide bonds. The maximum Gasteiger partial charge on any atom is 0.0182 e. The van der Waals surface area contributed by atoms with Crippen molar-refractivity contribution >= 4 is 22.5 Å². The van der Waals surface area contributed by atoms with Crippen LogP contribution in [0, 0.1) is 6.92 Å². The molecule has 0 unspecified atom stereocenters. The molecule has 78 valence electrons. The molecule has 2 aromatic rings. The summed E-state index contributed by atoms with van der Waals surface area (Å²) < 4.78 is 0. The smallest absolute Gasteiger partial charge is 0.0182 e. The van der Waals surface area contributed by atoms with E-state index in [1.807, 2.05) is 11.8 Å². The average Bonchev–Trinajstić information content (AvgIpc) is 2.22. The second-order valence-electron chi connectivity index (χ2n) is 4.10. The van der Waals surface area contributed by atoms with E-state index in [0.717, 1.165) is 0 Å². The highest BCUT2D eigenvalue weighted by Crippen LogP contribution is 2.33. The van der Waals surface area contributed by atoms with Crippen LogP contribution >= 0.6 is 11.8 Å². The average molecular weight is 216 g/mol. The van der Waals surface area contributed by atoms with Crippen molar-refractivity contribution in [2.45, 2.75) is 30.9 Å². The Bertz CT molecular complexity index is 472. The van der Waals surface area contributed by atoms with E-state index in [9.17, 15) is 0 Å². The first-order chi connectivity index (χ1) is 7.18. The maximum atomic E-state index is 2.24. The zero-order chi connectivity index (χ0) is 10.8. The Morgan fingerprint density at radius 2 is 1.73 bits per heavy atom. The summed E-state index contributed by atoms with van der Waals surface area (Å²) >= 11 is 1.95. The molecule has 0 bridgehead atoms. The van der Waals surface area contributed by atoms with Crippen LogP contribution in [-0.4, -0.2) is 5.25 Å². The third-order valence-corrected chi connectivity index (χ3v) is 3.68. The molecular weight excluding hydrogens is 200 g/mol. The lowest BCUT2D eigenvalue weighted by Gasteiger charge is -2.11. The van der Waals surface area contributed by atoms with Crippen LogP contribution in [0.4, 0.5) is 0 Å². The number of benzene rings is 2. The van der Waals surface area contributed by atoms with Gasteiger partial charge in [-0.25, -0.2) is 0 Å². The van der Waals surface area contributed by atoms with Gasteiger partial charge in [0.25, 0.3) is 0 Å². The lowest BCUT2D eigenvalue weighted by molar-refractivity contribution is 1.11. The minimum atomic E-state index is 0.634. The number of rotatable bonds is 2. The van der Waals surface area contributed by atoms with Gasteiger partial charge in [-0.2, -0.15) is 0 Å². The van der Waals surface area contributed by atoms with Gasteiger partial charge in [0, 0.05) is 10.1 Å². The number of aryl methyl sites for hydroxylation is 1. The highest BCUT2D eigenvalue weighted by Gasteiger charge is 2.06. The molecule has 0 fully saturated rings. The van der Waals surface area contributed by atoms with Crippen LogP contribution in [0.3, 0.4) is 0 Å². The van der Waals surface area contributed by atoms with E-state index in [-0.39, 0.29) is 0 Å². The fourth-order valence-electron chi connectivity index (χ4n) is 1.74. The van der Waals surface area contributed by atoms with Crippen molar-refractivity contribution in [3.05, 3.63) is 42.0 Å². The molecule has 0 spiro atoms. The van der Waals surface area contributed by atoms with Crippen molar-refractivity contribution in [1.29, 1.82) is 0 Å². The van der Waals surface area contributed by atoms with Crippen LogP contribution in [0.5, 0.6) is 0 Å². The monoisotopic (exact) mass is 216 g/mol. The van der Waals surface area contributed by atoms with Gasteiger partial charge < -0.3 is 0 Å². The van der Waals surface area contributed by atoms with Gasteiger partial charge in [-0.1, -0.05) is 50.2 Å². The van der Waals surface area contributed by atoms with Gasteiger partial charge in [0.1, 0.15) is 0 Å². The summed E-state index contributed by atoms with van der Waals surface area (Å²) in [6.07, 6.45) is 0. The topological polar surface area (TPSA) is 0 Å². The Morgan fingerprint density at radius 3 is 2.47 bits per heavy atom. The second-order valence-corrected chi connectivity index (χ2v) is 5.69. The summed E-state index contributed by atoms with van der Waals surface area (Å²) in [7, 11) is 0. The lowest BCUT2D eigenvalue weighted by Crippen LogP contribution is -1.90. The van der Waals surface area contributed by atoms with Crippen molar-refractivity contribution < 1.29 is 0 Å². The number of thioether (sulfide) groups is 1. The molecule has 0 aliphatic carbocycles. The fourth-order valence-corrected chi connectivity index (χ4v) is 2.78. The van der Waals surface area contributed by atoms with Gasteiger partial charge >= 0.3 is 0 Å². The Kier molecular flexibility index (Phi) is 3.01. The predicted molar refractivity (Wildman–Crippen MR) is 69.7 cm³/mol. The molecule has 0 heterocycles. The van der Waals surface area contributed by atoms with Crippen molar-refractivity contribution in [3.63, 3.8) is 0 Å². The molecule has 0 radical (unpaired) electrons. The highest BCUT2D eigenvalue weighted by atomic mass is 32.2. The molecule has 0 N–H and O–H groups in total. The van der Waals surface area contributed by atoms with Crippen LogP contribution < -0.4 is 0 Å². The minimum Gasteiger partial charge on any atom is -0.122 e. The van der Waals surface area contributed by atoms with Crippen LogP contribution in [-0.2, 0) is 0 Å². The first kappa shape index (κ1) is 10.6. The minimum absolute atomic E-state index is 0.634. The molecule has 0 aromatic heterocycles. The number of hydrogen-bond donors (Lipinski definition) is 0. The SMILES string of the molecule is Cc1ccc2ccccc2c1SC(C)C. The highest BCUT2D eigenvalue weighted by molar-refractivity contribution is 8.00. The molecule has 1 heteroatoms. The van der Waals surface area contributed by atoms with Gasteiger partial charge in [0.05, 0.1) is 0 Å². The van der Waals surface area contributed by atoms with Crippen molar-refractivity contribution in [2.75, 3.05) is 0 Å². The van der Waals surface area contributed by atoms with E-state index in [0.29, 0.717) is 5.25 Å². The molecule has 0 saturated heterocycles. The quantitative estimate of drug-likeness (QED) is 0.658. The first-order valence-corrected chi connectivity index (χ1v) is 6.21. The maximum absolute atomic E-state index is 2.24. The molecule has 0 atom stereocenters. The van der Waals surface area contributed by atoms with Gasteiger partial charge in [-0.05, 0) is 23.3 Å². The normalized spacial score (nSPS) is 11.2. The van der Waals surface area contributed by atoms with Crippen LogP contribution in [0.1, 0.15) is 19.4 Å². The third-order valence-electron chi connectivity index (χ3n) is 2.43. The molecule has 2 rings (SSSR count). The van der Waals surface area contributed by atoms with Gasteiger partial charge in [0.2, 0.25) is 0 Å². The van der Waals surface area contributed by atoms with Gasteiger partial charge in [-0.3, -0.25) is 0 Å². The Morgan fingerprint density at radius 1 is 1.00 bits per heavy atom. The zero-order valence-electron chi connectivity index (χ0n) is 9.45. The first-order valence-electron chi connectivity index (χ1n) is 5.33. The summed E-state index contributed by atoms with van der Waals surface area (Å²) in [6.45, 7) is 6.68. The summed E-state index contributed by atoms with van der Waals surface area (Å²) in [5.41, 5.74) is 1.38. The standard InChI is InChI=1S/C14H16S/c1-10(2)15-14-11(3)8-9-12-6-4-5-7-13(12)14/h4-10H,1-3H3.